The van der Waals surface area contributed by atoms with Crippen molar-refractivity contribution in [3.05, 3.63) is 58.1 Å². The van der Waals surface area contributed by atoms with Gasteiger partial charge in [-0.15, -0.1) is 0 Å². The van der Waals surface area contributed by atoms with E-state index in [2.05, 4.69) is 35.4 Å². The summed E-state index contributed by atoms with van der Waals surface area (Å²) in [6, 6.07) is 11.3. The van der Waals surface area contributed by atoms with Crippen LogP contribution in [-0.4, -0.2) is 110 Å². The van der Waals surface area contributed by atoms with Gasteiger partial charge < -0.3 is 34.8 Å². The summed E-state index contributed by atoms with van der Waals surface area (Å²) in [5.74, 6) is -0.361. The summed E-state index contributed by atoms with van der Waals surface area (Å²) < 4.78 is 10.5. The van der Waals surface area contributed by atoms with Gasteiger partial charge in [-0.2, -0.15) is 0 Å². The molecule has 2 aromatic carbocycles. The van der Waals surface area contributed by atoms with Crippen LogP contribution in [0.4, 0.5) is 10.5 Å². The monoisotopic (exact) mass is 741 g/mol. The van der Waals surface area contributed by atoms with Crippen LogP contribution in [0.5, 0.6) is 5.75 Å². The molecule has 2 aromatic rings. The van der Waals surface area contributed by atoms with E-state index in [1.54, 1.807) is 24.0 Å². The van der Waals surface area contributed by atoms with Crippen molar-refractivity contribution in [3.8, 4) is 5.75 Å². The molecule has 2 aliphatic rings. The van der Waals surface area contributed by atoms with Gasteiger partial charge in [0.25, 0.3) is 0 Å². The summed E-state index contributed by atoms with van der Waals surface area (Å²) >= 11 is 6.30. The highest BCUT2D eigenvalue weighted by molar-refractivity contribution is 6.32. The first-order valence-electron chi connectivity index (χ1n) is 18.8. The number of amides is 3. The number of likely N-dealkylation sites (tertiary alicyclic amines) is 1. The average molecular weight is 742 g/mol. The van der Waals surface area contributed by atoms with Crippen molar-refractivity contribution in [1.82, 2.24) is 20.0 Å². The predicted octanol–water partition coefficient (Wildman–Crippen LogP) is 6.28. The maximum Gasteiger partial charge on any atom is 0.317 e. The number of halogens is 1. The average Bonchev–Trinajstić information content (AvgIpc) is 3.14. The summed E-state index contributed by atoms with van der Waals surface area (Å²) in [6.07, 6.45) is 8.24. The number of urea groups is 1. The minimum Gasteiger partial charge on any atom is -0.425 e. The molecular weight excluding hydrogens is 682 g/mol. The molecule has 0 radical (unpaired) electrons. The van der Waals surface area contributed by atoms with Gasteiger partial charge in [0.05, 0.1) is 11.1 Å². The van der Waals surface area contributed by atoms with E-state index in [9.17, 15) is 19.2 Å². The summed E-state index contributed by atoms with van der Waals surface area (Å²) in [5, 5.41) is 6.31. The third kappa shape index (κ3) is 13.4. The molecule has 2 fully saturated rings. The van der Waals surface area contributed by atoms with Crippen molar-refractivity contribution in [3.63, 3.8) is 0 Å². The standard InChI is InChI=1S/C29H37ClN4O5.C11H23NO/c1-19-15-22(16-25(30)28(19)39-21(3)37)17-27(20(2)36)32-29(38)33-13-10-24(11-14-33)34(18-35)12-9-23-7-5-6-8-26(23)31-4;1-3-7-12(8-4-2)11-5-9-13-10-6-11/h5-8,15-16,18,24,27,31H,9-14,17H2,1-4H3,(H,32,38);11H,3-10H2,1-2H3/t27-;/m1./s1. The maximum absolute atomic E-state index is 13.0. The van der Waals surface area contributed by atoms with Gasteiger partial charge in [0, 0.05) is 64.6 Å². The van der Waals surface area contributed by atoms with Crippen molar-refractivity contribution in [2.75, 3.05) is 58.3 Å². The van der Waals surface area contributed by atoms with Crippen molar-refractivity contribution in [1.29, 1.82) is 0 Å². The van der Waals surface area contributed by atoms with Gasteiger partial charge in [0.15, 0.2) is 11.5 Å². The molecule has 0 bridgehead atoms. The molecule has 2 saturated heterocycles. The van der Waals surface area contributed by atoms with Gasteiger partial charge >= 0.3 is 12.0 Å². The van der Waals surface area contributed by atoms with Crippen molar-refractivity contribution in [2.24, 2.45) is 0 Å². The van der Waals surface area contributed by atoms with Crippen LogP contribution in [0.15, 0.2) is 36.4 Å². The summed E-state index contributed by atoms with van der Waals surface area (Å²) in [6.45, 7) is 15.1. The molecule has 12 heteroatoms. The van der Waals surface area contributed by atoms with E-state index in [1.165, 1.54) is 52.6 Å². The Balaban J connectivity index is 0.000000471. The highest BCUT2D eigenvalue weighted by Crippen LogP contribution is 2.31. The molecule has 0 unspecified atom stereocenters. The Hall–Kier alpha value is -3.67. The first kappa shape index (κ1) is 42.7. The Morgan fingerprint density at radius 3 is 2.21 bits per heavy atom. The molecule has 2 heterocycles. The van der Waals surface area contributed by atoms with Crippen molar-refractivity contribution in [2.45, 2.75) is 104 Å². The Labute approximate surface area is 315 Å². The molecule has 3 amide bonds. The van der Waals surface area contributed by atoms with Crippen molar-refractivity contribution >= 4 is 41.5 Å². The summed E-state index contributed by atoms with van der Waals surface area (Å²) in [4.78, 5) is 54.7. The molecule has 2 N–H and O–H groups in total. The molecule has 4 rings (SSSR count). The van der Waals surface area contributed by atoms with Gasteiger partial charge in [-0.3, -0.25) is 14.4 Å². The Kier molecular flexibility index (Phi) is 18.4. The van der Waals surface area contributed by atoms with Gasteiger partial charge in [0.2, 0.25) is 6.41 Å². The first-order chi connectivity index (χ1) is 25.0. The molecule has 0 saturated carbocycles. The number of hydrogen-bond acceptors (Lipinski definition) is 8. The second-order valence-electron chi connectivity index (χ2n) is 13.7. The SMILES string of the molecule is CCCN(CCC)C1CCOCC1.CNc1ccccc1CCN(C=O)C1CCN(C(=O)N[C@H](Cc2cc(C)c(OC(C)=O)c(Cl)c2)C(C)=O)CC1. The Morgan fingerprint density at radius 2 is 1.65 bits per heavy atom. The second kappa shape index (κ2) is 22.4. The number of esters is 1. The van der Waals surface area contributed by atoms with E-state index in [4.69, 9.17) is 21.1 Å². The van der Waals surface area contributed by atoms with Crippen LogP contribution in [0.3, 0.4) is 0 Å². The minimum atomic E-state index is -0.732. The molecule has 0 aromatic heterocycles. The van der Waals surface area contributed by atoms with Crippen LogP contribution in [0.2, 0.25) is 5.02 Å². The molecule has 11 nitrogen and oxygen atoms in total. The lowest BCUT2D eigenvalue weighted by atomic mass is 10.0. The number of nitrogens with one attached hydrogen (secondary N) is 2. The van der Waals surface area contributed by atoms with Crippen LogP contribution in [0, 0.1) is 6.92 Å². The Bertz CT molecular complexity index is 1410. The lowest BCUT2D eigenvalue weighted by molar-refractivity contribution is -0.132. The smallest absolute Gasteiger partial charge is 0.317 e. The van der Waals surface area contributed by atoms with E-state index in [-0.39, 0.29) is 35.0 Å². The minimum absolute atomic E-state index is 0.0535. The predicted molar refractivity (Wildman–Crippen MR) is 207 cm³/mol. The Morgan fingerprint density at radius 1 is 1.00 bits per heavy atom. The number of rotatable bonds is 16. The quantitative estimate of drug-likeness (QED) is 0.117. The number of piperidine rings is 1. The number of hydrogen-bond donors (Lipinski definition) is 2. The number of aryl methyl sites for hydroxylation is 1. The molecule has 0 aliphatic carbocycles. The van der Waals surface area contributed by atoms with Crippen LogP contribution in [0.25, 0.3) is 0 Å². The molecule has 2 aliphatic heterocycles. The molecule has 52 heavy (non-hydrogen) atoms. The van der Waals surface area contributed by atoms with Crippen LogP contribution < -0.4 is 15.4 Å². The lowest BCUT2D eigenvalue weighted by Crippen LogP contribution is -2.53. The molecule has 288 valence electrons. The third-order valence-electron chi connectivity index (χ3n) is 9.77. The lowest BCUT2D eigenvalue weighted by Gasteiger charge is -2.37. The zero-order valence-corrected chi connectivity index (χ0v) is 32.8. The first-order valence-corrected chi connectivity index (χ1v) is 19.2. The van der Waals surface area contributed by atoms with E-state index in [0.717, 1.165) is 48.9 Å². The van der Waals surface area contributed by atoms with Gasteiger partial charge in [-0.05, 0) is 107 Å². The number of Topliss-reactive ketones (excluding diaryl/α,β-unsaturated/α-hetero) is 1. The van der Waals surface area contributed by atoms with Gasteiger partial charge in [-0.1, -0.05) is 49.7 Å². The summed E-state index contributed by atoms with van der Waals surface area (Å²) in [7, 11) is 1.88. The third-order valence-corrected chi connectivity index (χ3v) is 10.1. The fraction of sp³-hybridized carbons (Fsp3) is 0.600. The van der Waals surface area contributed by atoms with Gasteiger partial charge in [0.1, 0.15) is 0 Å². The molecule has 0 spiro atoms. The zero-order chi connectivity index (χ0) is 38.0. The normalized spacial score (nSPS) is 15.7. The van der Waals surface area contributed by atoms with Crippen LogP contribution >= 0.6 is 11.6 Å². The number of anilines is 1. The van der Waals surface area contributed by atoms with Gasteiger partial charge in [-0.25, -0.2) is 4.79 Å². The van der Waals surface area contributed by atoms with E-state index < -0.39 is 12.0 Å². The number of benzene rings is 2. The van der Waals surface area contributed by atoms with E-state index in [1.807, 2.05) is 30.1 Å². The topological polar surface area (TPSA) is 121 Å². The zero-order valence-electron chi connectivity index (χ0n) is 32.0. The summed E-state index contributed by atoms with van der Waals surface area (Å²) in [5.41, 5.74) is 3.61. The highest BCUT2D eigenvalue weighted by atomic mass is 35.5. The largest absolute Gasteiger partial charge is 0.425 e. The van der Waals surface area contributed by atoms with E-state index in [0.29, 0.717) is 38.0 Å². The molecular formula is C40H60ClN5O6. The fourth-order valence-corrected chi connectivity index (χ4v) is 7.35. The number of ether oxygens (including phenoxy) is 2. The second-order valence-corrected chi connectivity index (χ2v) is 14.1. The number of carbonyl (C=O) groups excluding carboxylic acids is 4. The van der Waals surface area contributed by atoms with E-state index >= 15 is 0 Å². The highest BCUT2D eigenvalue weighted by Gasteiger charge is 2.29. The molecule has 1 atom stereocenters. The van der Waals surface area contributed by atoms with Crippen LogP contribution in [0.1, 0.15) is 82.9 Å². The number of ketones is 1. The number of para-hydroxylation sites is 1. The van der Waals surface area contributed by atoms with Crippen molar-refractivity contribution < 1.29 is 28.7 Å². The fourth-order valence-electron chi connectivity index (χ4n) is 7.02. The number of carbonyl (C=O) groups is 4. The van der Waals surface area contributed by atoms with Crippen LogP contribution in [-0.2, 0) is 32.0 Å². The maximum atomic E-state index is 13.0. The number of nitrogens with zero attached hydrogens (tertiary/aromatic N) is 3.